The van der Waals surface area contributed by atoms with Crippen LogP contribution < -0.4 is 10.6 Å². The van der Waals surface area contributed by atoms with E-state index in [2.05, 4.69) is 4.99 Å². The lowest BCUT2D eigenvalue weighted by Gasteiger charge is -2.39. The molecule has 0 radical (unpaired) electrons. The second-order valence-electron chi connectivity index (χ2n) is 6.92. The smallest absolute Gasteiger partial charge is 0.328 e. The second kappa shape index (κ2) is 5.83. The molecular weight excluding hydrogens is 348 g/mol. The summed E-state index contributed by atoms with van der Waals surface area (Å²) in [6.45, 7) is 3.49. The third-order valence-corrected chi connectivity index (χ3v) is 4.96. The van der Waals surface area contributed by atoms with E-state index >= 15 is 0 Å². The minimum Gasteiger partial charge on any atom is -0.368 e. The van der Waals surface area contributed by atoms with Crippen molar-refractivity contribution in [1.29, 1.82) is 0 Å². The third kappa shape index (κ3) is 2.46. The number of carbonyl (C=O) groups is 3. The van der Waals surface area contributed by atoms with Crippen LogP contribution in [0.3, 0.4) is 0 Å². The van der Waals surface area contributed by atoms with Gasteiger partial charge in [0.05, 0.1) is 0 Å². The number of imide groups is 1. The quantitative estimate of drug-likeness (QED) is 0.833. The molecule has 2 N–H and O–H groups in total. The molecule has 2 unspecified atom stereocenters. The highest BCUT2D eigenvalue weighted by molar-refractivity contribution is 6.10. The Morgan fingerprint density at radius 2 is 2.00 bits per heavy atom. The molecule has 0 aromatic heterocycles. The summed E-state index contributed by atoms with van der Waals surface area (Å²) in [5, 5.41) is 0. The van der Waals surface area contributed by atoms with Gasteiger partial charge in [0.2, 0.25) is 11.9 Å². The maximum absolute atomic E-state index is 13.0. The number of rotatable bonds is 3. The van der Waals surface area contributed by atoms with Crippen LogP contribution in [-0.4, -0.2) is 64.3 Å². The molecular formula is C18H20N6O3. The fourth-order valence-corrected chi connectivity index (χ4v) is 3.74. The first-order valence-electron chi connectivity index (χ1n) is 8.57. The number of nitrogens with zero attached hydrogens (tertiary/aromatic N) is 5. The molecule has 1 aromatic rings. The minimum absolute atomic E-state index is 0.446. The van der Waals surface area contributed by atoms with Gasteiger partial charge >= 0.3 is 6.03 Å². The van der Waals surface area contributed by atoms with Crippen molar-refractivity contribution in [2.24, 2.45) is 10.7 Å². The average Bonchev–Trinajstić information content (AvgIpc) is 3.11. The first kappa shape index (κ1) is 17.1. The molecule has 1 saturated heterocycles. The zero-order valence-corrected chi connectivity index (χ0v) is 15.3. The molecule has 0 saturated carbocycles. The van der Waals surface area contributed by atoms with Gasteiger partial charge in [-0.15, -0.1) is 0 Å². The summed E-state index contributed by atoms with van der Waals surface area (Å²) in [6, 6.07) is 6.67. The van der Waals surface area contributed by atoms with Crippen LogP contribution in [0, 0.1) is 6.92 Å². The van der Waals surface area contributed by atoms with Crippen LogP contribution in [0.15, 0.2) is 41.2 Å². The van der Waals surface area contributed by atoms with Crippen LogP contribution in [-0.2, 0) is 9.59 Å². The van der Waals surface area contributed by atoms with E-state index in [4.69, 9.17) is 5.73 Å². The Bertz CT molecular complexity index is 923. The van der Waals surface area contributed by atoms with E-state index in [-0.39, 0.29) is 0 Å². The van der Waals surface area contributed by atoms with Crippen molar-refractivity contribution in [3.8, 4) is 0 Å². The highest BCUT2D eigenvalue weighted by Gasteiger charge is 2.54. The number of benzene rings is 1. The number of guanidine groups is 1. The number of carbonyl (C=O) groups excluding carboxylic acids is 3. The number of likely N-dealkylation sites (N-methyl/N-ethyl adjacent to an activating group) is 1. The Labute approximate surface area is 156 Å². The van der Waals surface area contributed by atoms with Crippen LogP contribution in [0.4, 0.5) is 10.5 Å². The molecule has 2 atom stereocenters. The molecule has 1 aromatic carbocycles. The molecule has 3 aliphatic rings. The first-order chi connectivity index (χ1) is 12.8. The van der Waals surface area contributed by atoms with Gasteiger partial charge in [-0.1, -0.05) is 12.1 Å². The van der Waals surface area contributed by atoms with E-state index in [0.29, 0.717) is 5.96 Å². The molecule has 3 aliphatic heterocycles. The third-order valence-electron chi connectivity index (χ3n) is 4.96. The molecule has 4 amide bonds. The molecule has 0 aliphatic carbocycles. The first-order valence-corrected chi connectivity index (χ1v) is 8.57. The van der Waals surface area contributed by atoms with Gasteiger partial charge in [0, 0.05) is 24.6 Å². The predicted molar refractivity (Wildman–Crippen MR) is 98.3 cm³/mol. The highest BCUT2D eigenvalue weighted by atomic mass is 16.2. The number of anilines is 1. The number of aryl methyl sites for hydroxylation is 1. The number of fused-ring (bicyclic) bond motifs is 3. The lowest BCUT2D eigenvalue weighted by molar-refractivity contribution is -0.139. The molecule has 0 bridgehead atoms. The van der Waals surface area contributed by atoms with E-state index in [1.165, 1.54) is 4.90 Å². The van der Waals surface area contributed by atoms with Gasteiger partial charge in [-0.05, 0) is 31.5 Å². The van der Waals surface area contributed by atoms with E-state index in [1.807, 2.05) is 49.2 Å². The fraction of sp³-hybridized carbons (Fsp3) is 0.333. The van der Waals surface area contributed by atoms with E-state index < -0.39 is 36.6 Å². The van der Waals surface area contributed by atoms with Gasteiger partial charge in [-0.3, -0.25) is 19.4 Å². The molecule has 9 nitrogen and oxygen atoms in total. The largest absolute Gasteiger partial charge is 0.368 e. The highest BCUT2D eigenvalue weighted by Crippen LogP contribution is 2.36. The molecule has 1 fully saturated rings. The Morgan fingerprint density at radius 3 is 2.67 bits per heavy atom. The van der Waals surface area contributed by atoms with Gasteiger partial charge in [-0.25, -0.2) is 9.79 Å². The van der Waals surface area contributed by atoms with Crippen LogP contribution in [0.1, 0.15) is 12.5 Å². The van der Waals surface area contributed by atoms with Gasteiger partial charge in [0.25, 0.3) is 5.91 Å². The molecule has 3 heterocycles. The number of amides is 4. The zero-order valence-electron chi connectivity index (χ0n) is 15.3. The summed E-state index contributed by atoms with van der Waals surface area (Å²) in [5.41, 5.74) is 8.15. The number of urea groups is 1. The lowest BCUT2D eigenvalue weighted by atomic mass is 10.1. The van der Waals surface area contributed by atoms with Gasteiger partial charge < -0.3 is 15.5 Å². The van der Waals surface area contributed by atoms with Crippen molar-refractivity contribution in [2.75, 3.05) is 18.5 Å². The van der Waals surface area contributed by atoms with E-state index in [1.54, 1.807) is 11.9 Å². The van der Waals surface area contributed by atoms with Crippen molar-refractivity contribution in [3.05, 3.63) is 41.7 Å². The Hall–Kier alpha value is -3.36. The maximum Gasteiger partial charge on any atom is 0.328 e. The fourth-order valence-electron chi connectivity index (χ4n) is 3.74. The van der Waals surface area contributed by atoms with Crippen molar-refractivity contribution in [2.45, 2.75) is 26.1 Å². The topological polar surface area (TPSA) is 103 Å². The second-order valence-corrected chi connectivity index (χ2v) is 6.92. The van der Waals surface area contributed by atoms with Gasteiger partial charge in [0.1, 0.15) is 6.54 Å². The number of nitrogens with two attached hydrogens (primary N) is 1. The molecule has 27 heavy (non-hydrogen) atoms. The van der Waals surface area contributed by atoms with Crippen molar-refractivity contribution < 1.29 is 14.4 Å². The SMILES string of the molecule is CC1=CN2C(=NC3C2C(=O)N(CC(N)=O)C(=O)N3C)N1c1cccc(C)c1. The van der Waals surface area contributed by atoms with Gasteiger partial charge in [0.15, 0.2) is 12.2 Å². The number of aliphatic imine (C=N–C) groups is 1. The predicted octanol–water partition coefficient (Wildman–Crippen LogP) is 0.422. The Morgan fingerprint density at radius 1 is 1.26 bits per heavy atom. The number of allylic oxidation sites excluding steroid dienone is 1. The van der Waals surface area contributed by atoms with Crippen molar-refractivity contribution in [1.82, 2.24) is 14.7 Å². The molecule has 0 spiro atoms. The summed E-state index contributed by atoms with van der Waals surface area (Å²) >= 11 is 0. The van der Waals surface area contributed by atoms with Crippen LogP contribution in [0.2, 0.25) is 0 Å². The normalized spacial score (nSPS) is 24.1. The van der Waals surface area contributed by atoms with Crippen molar-refractivity contribution in [3.63, 3.8) is 0 Å². The molecule has 140 valence electrons. The zero-order chi connectivity index (χ0) is 19.5. The monoisotopic (exact) mass is 368 g/mol. The van der Waals surface area contributed by atoms with Crippen molar-refractivity contribution >= 4 is 29.5 Å². The molecule has 4 rings (SSSR count). The maximum atomic E-state index is 13.0. The summed E-state index contributed by atoms with van der Waals surface area (Å²) in [5.74, 6) is -0.630. The van der Waals surface area contributed by atoms with E-state index in [9.17, 15) is 14.4 Å². The van der Waals surface area contributed by atoms with Gasteiger partial charge in [-0.2, -0.15) is 0 Å². The summed E-state index contributed by atoms with van der Waals surface area (Å²) < 4.78 is 0. The van der Waals surface area contributed by atoms with Crippen LogP contribution in [0.25, 0.3) is 0 Å². The standard InChI is InChI=1S/C18H20N6O3/c1-10-5-4-6-12(7-10)24-11(2)8-22-14-15(20-17(22)24)21(3)18(27)23(16(14)26)9-13(19)25/h4-8,14-15H,9H2,1-3H3,(H2,19,25). The summed E-state index contributed by atoms with van der Waals surface area (Å²) in [6.07, 6.45) is 1.19. The summed E-state index contributed by atoms with van der Waals surface area (Å²) in [7, 11) is 1.57. The van der Waals surface area contributed by atoms with E-state index in [0.717, 1.165) is 21.8 Å². The molecule has 9 heteroatoms. The van der Waals surface area contributed by atoms with Crippen LogP contribution >= 0.6 is 0 Å². The number of primary amides is 1. The number of hydrogen-bond donors (Lipinski definition) is 1. The number of hydrogen-bond acceptors (Lipinski definition) is 6. The van der Waals surface area contributed by atoms with Crippen LogP contribution in [0.5, 0.6) is 0 Å². The summed E-state index contributed by atoms with van der Waals surface area (Å²) in [4.78, 5) is 47.4. The average molecular weight is 368 g/mol. The Balaban J connectivity index is 1.73. The Kier molecular flexibility index (Phi) is 3.69. The minimum atomic E-state index is -0.739. The lowest BCUT2D eigenvalue weighted by Crippen LogP contribution is -2.65.